The molecule has 1 aliphatic heterocycles. The number of nitrogens with zero attached hydrogens (tertiary/aromatic N) is 5. The van der Waals surface area contributed by atoms with Crippen LogP contribution in [0.1, 0.15) is 58.2 Å². The van der Waals surface area contributed by atoms with Gasteiger partial charge in [-0.05, 0) is 33.1 Å². The molecule has 1 aliphatic carbocycles. The van der Waals surface area contributed by atoms with Gasteiger partial charge in [-0.25, -0.2) is 9.97 Å². The Hall–Kier alpha value is -2.97. The maximum Gasteiger partial charge on any atom is 0.254 e. The molecule has 0 aromatic carbocycles. The first-order valence-electron chi connectivity index (χ1n) is 10.5. The van der Waals surface area contributed by atoms with Crippen molar-refractivity contribution in [3.8, 4) is 0 Å². The normalized spacial score (nSPS) is 18.5. The molecule has 2 aromatic heterocycles. The van der Waals surface area contributed by atoms with E-state index in [1.807, 2.05) is 37.7 Å². The Bertz CT molecular complexity index is 945. The molecule has 0 bridgehead atoms. The summed E-state index contributed by atoms with van der Waals surface area (Å²) in [6.45, 7) is 5.56. The summed E-state index contributed by atoms with van der Waals surface area (Å²) in [4.78, 5) is 38.3. The van der Waals surface area contributed by atoms with E-state index < -0.39 is 0 Å². The van der Waals surface area contributed by atoms with Crippen molar-refractivity contribution in [3.05, 3.63) is 34.4 Å². The van der Waals surface area contributed by atoms with Crippen LogP contribution in [0.15, 0.2) is 6.20 Å². The Morgan fingerprint density at radius 1 is 1.27 bits per heavy atom. The second kappa shape index (κ2) is 8.04. The summed E-state index contributed by atoms with van der Waals surface area (Å²) in [6, 6.07) is 0. The number of hydrogen-bond donors (Lipinski definition) is 2. The number of hydrogen-bond acceptors (Lipinski definition) is 6. The predicted molar refractivity (Wildman–Crippen MR) is 112 cm³/mol. The van der Waals surface area contributed by atoms with Crippen LogP contribution in [0.2, 0.25) is 0 Å². The quantitative estimate of drug-likeness (QED) is 0.747. The molecule has 2 aliphatic rings. The van der Waals surface area contributed by atoms with Crippen LogP contribution in [0, 0.1) is 19.8 Å². The standard InChI is InChI=1S/C21H29N7O2/c1-12-16(13(2)26-25-12)9-22-19(29)17-10-23-21(27(3)4)24-18(17)15-7-8-28(11-15)20(30)14-5-6-14/h10,14-15H,5-9,11H2,1-4H3,(H,22,29)(H,25,26). The molecule has 0 spiro atoms. The molecule has 2 aromatic rings. The fourth-order valence-electron chi connectivity index (χ4n) is 3.96. The van der Waals surface area contributed by atoms with Crippen molar-refractivity contribution in [1.29, 1.82) is 0 Å². The van der Waals surface area contributed by atoms with Crippen LogP contribution in [-0.2, 0) is 11.3 Å². The zero-order chi connectivity index (χ0) is 21.4. The van der Waals surface area contributed by atoms with Crippen molar-refractivity contribution in [3.63, 3.8) is 0 Å². The van der Waals surface area contributed by atoms with Crippen LogP contribution < -0.4 is 10.2 Å². The minimum Gasteiger partial charge on any atom is -0.348 e. The van der Waals surface area contributed by atoms with Crippen LogP contribution in [0.5, 0.6) is 0 Å². The van der Waals surface area contributed by atoms with Crippen LogP contribution in [0.3, 0.4) is 0 Å². The van der Waals surface area contributed by atoms with Crippen molar-refractivity contribution in [2.45, 2.75) is 45.6 Å². The third kappa shape index (κ3) is 4.01. The molecule has 1 unspecified atom stereocenters. The van der Waals surface area contributed by atoms with Gasteiger partial charge in [-0.3, -0.25) is 14.7 Å². The van der Waals surface area contributed by atoms with Crippen LogP contribution in [0.25, 0.3) is 0 Å². The lowest BCUT2D eigenvalue weighted by atomic mass is 9.99. The number of carbonyl (C=O) groups is 2. The minimum absolute atomic E-state index is 0.0348. The van der Waals surface area contributed by atoms with Gasteiger partial charge >= 0.3 is 0 Å². The first-order chi connectivity index (χ1) is 14.3. The number of aryl methyl sites for hydroxylation is 2. The van der Waals surface area contributed by atoms with Gasteiger partial charge in [-0.15, -0.1) is 0 Å². The first-order valence-corrected chi connectivity index (χ1v) is 10.5. The van der Waals surface area contributed by atoms with Gasteiger partial charge in [0.25, 0.3) is 5.91 Å². The molecule has 9 heteroatoms. The summed E-state index contributed by atoms with van der Waals surface area (Å²) < 4.78 is 0. The van der Waals surface area contributed by atoms with Gasteiger partial charge in [-0.2, -0.15) is 5.10 Å². The second-order valence-corrected chi connectivity index (χ2v) is 8.50. The van der Waals surface area contributed by atoms with Gasteiger partial charge in [0.1, 0.15) is 0 Å². The van der Waals surface area contributed by atoms with Crippen molar-refractivity contribution < 1.29 is 9.59 Å². The highest BCUT2D eigenvalue weighted by Gasteiger charge is 2.38. The lowest BCUT2D eigenvalue weighted by Gasteiger charge is -2.19. The number of amides is 2. The topological polar surface area (TPSA) is 107 Å². The van der Waals surface area contributed by atoms with Crippen molar-refractivity contribution in [2.24, 2.45) is 5.92 Å². The molecule has 2 N–H and O–H groups in total. The number of likely N-dealkylation sites (tertiary alicyclic amines) is 1. The van der Waals surface area contributed by atoms with Crippen LogP contribution >= 0.6 is 0 Å². The molecule has 30 heavy (non-hydrogen) atoms. The Kier molecular flexibility index (Phi) is 5.44. The lowest BCUT2D eigenvalue weighted by Crippen LogP contribution is -2.30. The molecule has 2 amide bonds. The van der Waals surface area contributed by atoms with Gasteiger partial charge in [0, 0.05) is 63.0 Å². The highest BCUT2D eigenvalue weighted by molar-refractivity contribution is 5.95. The average Bonchev–Trinajstić information content (AvgIpc) is 3.38. The SMILES string of the molecule is Cc1n[nH]c(C)c1CNC(=O)c1cnc(N(C)C)nc1C1CCN(C(=O)C2CC2)C1. The van der Waals surface area contributed by atoms with E-state index in [-0.39, 0.29) is 23.7 Å². The number of aromatic amines is 1. The molecule has 1 saturated heterocycles. The maximum absolute atomic E-state index is 13.0. The summed E-state index contributed by atoms with van der Waals surface area (Å²) in [7, 11) is 3.75. The summed E-state index contributed by atoms with van der Waals surface area (Å²) in [5.41, 5.74) is 4.00. The third-order valence-electron chi connectivity index (χ3n) is 5.97. The second-order valence-electron chi connectivity index (χ2n) is 8.50. The number of carbonyl (C=O) groups excluding carboxylic acids is 2. The molecule has 160 valence electrons. The molecule has 1 atom stereocenters. The Morgan fingerprint density at radius 2 is 2.03 bits per heavy atom. The van der Waals surface area contributed by atoms with Gasteiger partial charge < -0.3 is 15.1 Å². The van der Waals surface area contributed by atoms with Crippen molar-refractivity contribution >= 4 is 17.8 Å². The monoisotopic (exact) mass is 411 g/mol. The summed E-state index contributed by atoms with van der Waals surface area (Å²) in [5.74, 6) is 0.844. The van der Waals surface area contributed by atoms with E-state index >= 15 is 0 Å². The Morgan fingerprint density at radius 3 is 2.67 bits per heavy atom. The van der Waals surface area contributed by atoms with Crippen molar-refractivity contribution in [2.75, 3.05) is 32.1 Å². The highest BCUT2D eigenvalue weighted by atomic mass is 16.2. The smallest absolute Gasteiger partial charge is 0.254 e. The molecule has 0 radical (unpaired) electrons. The molecule has 4 rings (SSSR count). The van der Waals surface area contributed by atoms with E-state index in [9.17, 15) is 9.59 Å². The lowest BCUT2D eigenvalue weighted by molar-refractivity contribution is -0.131. The van der Waals surface area contributed by atoms with Gasteiger partial charge in [0.05, 0.1) is 17.0 Å². The van der Waals surface area contributed by atoms with E-state index in [2.05, 4.69) is 20.5 Å². The maximum atomic E-state index is 13.0. The molecular formula is C21H29N7O2. The number of rotatable bonds is 6. The minimum atomic E-state index is -0.206. The number of nitrogens with one attached hydrogen (secondary N) is 2. The molecule has 1 saturated carbocycles. The average molecular weight is 412 g/mol. The zero-order valence-electron chi connectivity index (χ0n) is 18.0. The summed E-state index contributed by atoms with van der Waals surface area (Å²) in [5, 5.41) is 10.1. The van der Waals surface area contributed by atoms with Gasteiger partial charge in [-0.1, -0.05) is 0 Å². The predicted octanol–water partition coefficient (Wildman–Crippen LogP) is 1.54. The number of anilines is 1. The van der Waals surface area contributed by atoms with E-state index in [0.717, 1.165) is 48.5 Å². The van der Waals surface area contributed by atoms with Gasteiger partial charge in [0.15, 0.2) is 0 Å². The number of aromatic nitrogens is 4. The van der Waals surface area contributed by atoms with E-state index in [4.69, 9.17) is 4.98 Å². The molecule has 3 heterocycles. The summed E-state index contributed by atoms with van der Waals surface area (Å²) >= 11 is 0. The zero-order valence-corrected chi connectivity index (χ0v) is 18.0. The third-order valence-corrected chi connectivity index (χ3v) is 5.97. The largest absolute Gasteiger partial charge is 0.348 e. The Labute approximate surface area is 176 Å². The molecule has 2 fully saturated rings. The molecular weight excluding hydrogens is 382 g/mol. The van der Waals surface area contributed by atoms with Gasteiger partial charge in [0.2, 0.25) is 11.9 Å². The Balaban J connectivity index is 1.55. The first kappa shape index (κ1) is 20.3. The van der Waals surface area contributed by atoms with E-state index in [1.54, 1.807) is 6.20 Å². The van der Waals surface area contributed by atoms with E-state index in [0.29, 0.717) is 24.6 Å². The van der Waals surface area contributed by atoms with Crippen LogP contribution in [0.4, 0.5) is 5.95 Å². The fourth-order valence-corrected chi connectivity index (χ4v) is 3.96. The highest BCUT2D eigenvalue weighted by Crippen LogP contribution is 2.35. The van der Waals surface area contributed by atoms with Crippen LogP contribution in [-0.4, -0.2) is 64.1 Å². The van der Waals surface area contributed by atoms with Crippen molar-refractivity contribution in [1.82, 2.24) is 30.4 Å². The fraction of sp³-hybridized carbons (Fsp3) is 0.571. The van der Waals surface area contributed by atoms with E-state index in [1.165, 1.54) is 0 Å². The summed E-state index contributed by atoms with van der Waals surface area (Å²) in [6.07, 6.45) is 4.41. The molecule has 9 nitrogen and oxygen atoms in total. The number of H-pyrrole nitrogens is 1.